The molecule has 2 aromatic rings. The van der Waals surface area contributed by atoms with Gasteiger partial charge in [-0.15, -0.1) is 0 Å². The predicted octanol–water partition coefficient (Wildman–Crippen LogP) is 2.94. The second-order valence-electron chi connectivity index (χ2n) is 5.90. The Balaban J connectivity index is 1.80. The van der Waals surface area contributed by atoms with Crippen LogP contribution < -0.4 is 4.90 Å². The first kappa shape index (κ1) is 18.9. The molecule has 0 aliphatic carbocycles. The summed E-state index contributed by atoms with van der Waals surface area (Å²) in [6, 6.07) is 7.89. The van der Waals surface area contributed by atoms with Crippen LogP contribution in [0.1, 0.15) is 5.56 Å². The Kier molecular flexibility index (Phi) is 5.14. The molecule has 1 heterocycles. The van der Waals surface area contributed by atoms with Gasteiger partial charge in [-0.05, 0) is 36.8 Å². The SMILES string of the molecule is CN(CC(=O)N1CCc2c(F)cc(F)cc21)S(=O)(=O)c1ccc(Br)cc1. The standard InChI is InChI=1S/C17H15BrF2N2O3S/c1-21(26(24,25)13-4-2-11(18)3-5-13)10-17(23)22-7-6-14-15(20)8-12(19)9-16(14)22/h2-5,8-9H,6-7,10H2,1H3. The Morgan fingerprint density at radius 2 is 1.88 bits per heavy atom. The summed E-state index contributed by atoms with van der Waals surface area (Å²) in [7, 11) is -2.57. The zero-order valence-corrected chi connectivity index (χ0v) is 16.1. The lowest BCUT2D eigenvalue weighted by atomic mass is 10.1. The van der Waals surface area contributed by atoms with Gasteiger partial charge in [-0.3, -0.25) is 4.79 Å². The number of hydrogen-bond donors (Lipinski definition) is 0. The first-order valence-electron chi connectivity index (χ1n) is 7.70. The molecule has 26 heavy (non-hydrogen) atoms. The van der Waals surface area contributed by atoms with E-state index in [-0.39, 0.29) is 29.1 Å². The Morgan fingerprint density at radius 1 is 1.23 bits per heavy atom. The van der Waals surface area contributed by atoms with E-state index in [1.807, 2.05) is 0 Å². The number of sulfonamides is 1. The molecule has 0 radical (unpaired) electrons. The van der Waals surface area contributed by atoms with Crippen LogP contribution in [-0.2, 0) is 21.2 Å². The molecule has 1 aliphatic heterocycles. The van der Waals surface area contributed by atoms with Crippen LogP contribution >= 0.6 is 15.9 Å². The number of carbonyl (C=O) groups is 1. The summed E-state index contributed by atoms with van der Waals surface area (Å²) in [5, 5.41) is 0. The summed E-state index contributed by atoms with van der Waals surface area (Å²) < 4.78 is 54.1. The van der Waals surface area contributed by atoms with Gasteiger partial charge in [0.15, 0.2) is 0 Å². The largest absolute Gasteiger partial charge is 0.310 e. The van der Waals surface area contributed by atoms with Gasteiger partial charge in [0.1, 0.15) is 11.6 Å². The number of likely N-dealkylation sites (N-methyl/N-ethyl adjacent to an activating group) is 1. The van der Waals surface area contributed by atoms with E-state index in [9.17, 15) is 22.0 Å². The molecule has 0 N–H and O–H groups in total. The minimum Gasteiger partial charge on any atom is -0.310 e. The molecular formula is C17H15BrF2N2O3S. The van der Waals surface area contributed by atoms with Crippen LogP contribution in [0.3, 0.4) is 0 Å². The molecule has 5 nitrogen and oxygen atoms in total. The van der Waals surface area contributed by atoms with Crippen molar-refractivity contribution in [3.8, 4) is 0 Å². The van der Waals surface area contributed by atoms with Crippen LogP contribution in [0, 0.1) is 11.6 Å². The molecule has 1 aliphatic rings. The van der Waals surface area contributed by atoms with Crippen LogP contribution in [-0.4, -0.2) is 38.8 Å². The van der Waals surface area contributed by atoms with Gasteiger partial charge in [-0.1, -0.05) is 15.9 Å². The number of carbonyl (C=O) groups excluding carboxylic acids is 1. The third-order valence-corrected chi connectivity index (χ3v) is 6.54. The van der Waals surface area contributed by atoms with E-state index in [4.69, 9.17) is 0 Å². The Bertz CT molecular complexity index is 965. The summed E-state index contributed by atoms with van der Waals surface area (Å²) in [4.78, 5) is 13.8. The first-order valence-corrected chi connectivity index (χ1v) is 9.93. The lowest BCUT2D eigenvalue weighted by molar-refractivity contribution is -0.118. The van der Waals surface area contributed by atoms with E-state index >= 15 is 0 Å². The Labute approximate surface area is 158 Å². The monoisotopic (exact) mass is 444 g/mol. The number of amides is 1. The summed E-state index contributed by atoms with van der Waals surface area (Å²) >= 11 is 3.23. The number of rotatable bonds is 4. The fourth-order valence-corrected chi connectivity index (χ4v) is 4.21. The highest BCUT2D eigenvalue weighted by molar-refractivity contribution is 9.10. The zero-order valence-electron chi connectivity index (χ0n) is 13.7. The van der Waals surface area contributed by atoms with Gasteiger partial charge < -0.3 is 4.90 Å². The maximum absolute atomic E-state index is 13.8. The van der Waals surface area contributed by atoms with Crippen molar-refractivity contribution in [3.63, 3.8) is 0 Å². The van der Waals surface area contributed by atoms with Crippen molar-refractivity contribution >= 4 is 37.5 Å². The molecule has 3 rings (SSSR count). The minimum absolute atomic E-state index is 0.0508. The minimum atomic E-state index is -3.86. The average molecular weight is 445 g/mol. The second kappa shape index (κ2) is 7.05. The van der Waals surface area contributed by atoms with E-state index < -0.39 is 34.1 Å². The molecule has 9 heteroatoms. The van der Waals surface area contributed by atoms with Crippen molar-refractivity contribution in [2.24, 2.45) is 0 Å². The average Bonchev–Trinajstić information content (AvgIpc) is 2.99. The van der Waals surface area contributed by atoms with Gasteiger partial charge in [0.2, 0.25) is 15.9 Å². The highest BCUT2D eigenvalue weighted by Crippen LogP contribution is 2.31. The maximum Gasteiger partial charge on any atom is 0.243 e. The molecule has 2 aromatic carbocycles. The molecule has 0 fully saturated rings. The molecule has 0 saturated carbocycles. The molecule has 1 amide bonds. The molecule has 0 aromatic heterocycles. The van der Waals surface area contributed by atoms with Crippen LogP contribution in [0.15, 0.2) is 45.8 Å². The van der Waals surface area contributed by atoms with Gasteiger partial charge >= 0.3 is 0 Å². The van der Waals surface area contributed by atoms with Crippen LogP contribution in [0.4, 0.5) is 14.5 Å². The lowest BCUT2D eigenvalue weighted by Crippen LogP contribution is -2.40. The molecular weight excluding hydrogens is 430 g/mol. The van der Waals surface area contributed by atoms with E-state index in [0.29, 0.717) is 0 Å². The summed E-state index contributed by atoms with van der Waals surface area (Å²) in [6.07, 6.45) is 0.260. The summed E-state index contributed by atoms with van der Waals surface area (Å²) in [5.41, 5.74) is 0.417. The van der Waals surface area contributed by atoms with Crippen LogP contribution in [0.25, 0.3) is 0 Å². The van der Waals surface area contributed by atoms with Crippen molar-refractivity contribution in [3.05, 3.63) is 58.1 Å². The fraction of sp³-hybridized carbons (Fsp3) is 0.235. The van der Waals surface area contributed by atoms with Crippen molar-refractivity contribution in [2.45, 2.75) is 11.3 Å². The Morgan fingerprint density at radius 3 is 2.54 bits per heavy atom. The summed E-state index contributed by atoms with van der Waals surface area (Å²) in [5.74, 6) is -2.03. The van der Waals surface area contributed by atoms with Gasteiger partial charge in [-0.2, -0.15) is 4.31 Å². The molecule has 138 valence electrons. The third-order valence-electron chi connectivity index (χ3n) is 4.19. The van der Waals surface area contributed by atoms with Gasteiger partial charge in [0.25, 0.3) is 0 Å². The predicted molar refractivity (Wildman–Crippen MR) is 96.4 cm³/mol. The van der Waals surface area contributed by atoms with Crippen molar-refractivity contribution < 1.29 is 22.0 Å². The van der Waals surface area contributed by atoms with E-state index in [1.165, 1.54) is 24.1 Å². The first-order chi connectivity index (χ1) is 12.2. The zero-order chi connectivity index (χ0) is 19.1. The van der Waals surface area contributed by atoms with E-state index in [1.54, 1.807) is 12.1 Å². The normalized spacial score (nSPS) is 14.0. The maximum atomic E-state index is 13.8. The number of fused-ring (bicyclic) bond motifs is 1. The number of benzene rings is 2. The Hall–Kier alpha value is -1.84. The smallest absolute Gasteiger partial charge is 0.243 e. The number of anilines is 1. The van der Waals surface area contributed by atoms with Gasteiger partial charge in [0, 0.05) is 29.7 Å². The van der Waals surface area contributed by atoms with Crippen LogP contribution in [0.2, 0.25) is 0 Å². The summed E-state index contributed by atoms with van der Waals surface area (Å²) in [6.45, 7) is -0.253. The van der Waals surface area contributed by atoms with Crippen molar-refractivity contribution in [2.75, 3.05) is 25.0 Å². The van der Waals surface area contributed by atoms with Gasteiger partial charge in [0.05, 0.1) is 17.1 Å². The molecule has 0 spiro atoms. The number of nitrogens with zero attached hydrogens (tertiary/aromatic N) is 2. The fourth-order valence-electron chi connectivity index (χ4n) is 2.83. The number of hydrogen-bond acceptors (Lipinski definition) is 3. The molecule has 0 bridgehead atoms. The highest BCUT2D eigenvalue weighted by atomic mass is 79.9. The molecule has 0 atom stereocenters. The lowest BCUT2D eigenvalue weighted by Gasteiger charge is -2.22. The van der Waals surface area contributed by atoms with Crippen molar-refractivity contribution in [1.29, 1.82) is 0 Å². The molecule has 0 saturated heterocycles. The van der Waals surface area contributed by atoms with Crippen molar-refractivity contribution in [1.82, 2.24) is 4.31 Å². The third kappa shape index (κ3) is 3.51. The van der Waals surface area contributed by atoms with Crippen LogP contribution in [0.5, 0.6) is 0 Å². The quantitative estimate of drug-likeness (QED) is 0.728. The van der Waals surface area contributed by atoms with E-state index in [0.717, 1.165) is 20.9 Å². The molecule has 0 unspecified atom stereocenters. The highest BCUT2D eigenvalue weighted by Gasteiger charge is 2.31. The van der Waals surface area contributed by atoms with E-state index in [2.05, 4.69) is 15.9 Å². The topological polar surface area (TPSA) is 57.7 Å². The second-order valence-corrected chi connectivity index (χ2v) is 8.86. The van der Waals surface area contributed by atoms with Gasteiger partial charge in [-0.25, -0.2) is 17.2 Å². The number of halogens is 3.